The van der Waals surface area contributed by atoms with E-state index in [1.54, 1.807) is 41.5 Å². The van der Waals surface area contributed by atoms with Crippen LogP contribution in [0, 0.1) is 12.7 Å². The predicted octanol–water partition coefficient (Wildman–Crippen LogP) is 6.11. The van der Waals surface area contributed by atoms with Gasteiger partial charge in [0.05, 0.1) is 50.0 Å². The van der Waals surface area contributed by atoms with Crippen molar-refractivity contribution in [2.24, 2.45) is 0 Å². The van der Waals surface area contributed by atoms with Crippen LogP contribution in [0.2, 0.25) is 10.1 Å². The molecule has 2 atom stereocenters. The van der Waals surface area contributed by atoms with Gasteiger partial charge in [0.15, 0.2) is 6.10 Å². The highest BCUT2D eigenvalue weighted by atomic mass is 35.5. The fourth-order valence-corrected chi connectivity index (χ4v) is 10.9. The molecule has 1 fully saturated rings. The molecule has 2 amide bonds. The monoisotopic (exact) mass is 683 g/mol. The number of amides is 2. The van der Waals surface area contributed by atoms with Crippen molar-refractivity contribution in [3.8, 4) is 0 Å². The minimum atomic E-state index is -2.93. The van der Waals surface area contributed by atoms with E-state index in [9.17, 15) is 14.0 Å². The van der Waals surface area contributed by atoms with E-state index in [2.05, 4.69) is 55.3 Å². The average Bonchev–Trinajstić information content (AvgIpc) is 2.99. The molecule has 8 nitrogen and oxygen atoms in total. The maximum atomic E-state index is 14.1. The van der Waals surface area contributed by atoms with Gasteiger partial charge in [0.25, 0.3) is 5.91 Å². The van der Waals surface area contributed by atoms with Crippen LogP contribution in [0.25, 0.3) is 0 Å². The molecule has 47 heavy (non-hydrogen) atoms. The van der Waals surface area contributed by atoms with E-state index in [-0.39, 0.29) is 35.4 Å². The zero-order chi connectivity index (χ0) is 34.8. The Morgan fingerprint density at radius 2 is 1.55 bits per heavy atom. The first-order chi connectivity index (χ1) is 21.9. The van der Waals surface area contributed by atoms with Crippen molar-refractivity contribution in [3.63, 3.8) is 0 Å². The molecule has 0 aliphatic carbocycles. The molecule has 1 aromatic heterocycles. The first kappa shape index (κ1) is 36.5. The molecule has 0 radical (unpaired) electrons. The number of rotatable bonds is 8. The van der Waals surface area contributed by atoms with Gasteiger partial charge < -0.3 is 19.2 Å². The minimum Gasteiger partial charge on any atom is -0.556 e. The molecule has 2 heterocycles. The molecule has 1 aliphatic heterocycles. The van der Waals surface area contributed by atoms with Gasteiger partial charge in [0.2, 0.25) is 0 Å². The maximum absolute atomic E-state index is 14.1. The number of carbonyl (C=O) groups is 2. The van der Waals surface area contributed by atoms with Gasteiger partial charge in [-0.25, -0.2) is 9.18 Å². The molecule has 2 aromatic carbocycles. The standard InChI is InChI=1S/C36H47ClFN3O5Si/c1-24-28(38)20-39-31(30(24)37)36(8,9)40-32(42)29-21-41(33(43)46-34(2,3)4)25(22-44-29)23-45-47(35(5,6)7,26-16-12-10-13-17-26)27-18-14-11-15-19-27/h10-20,25,29H,21-23H2,1-9H3,(H,40,42)/q-1/t25-,29-/m0/s1. The second kappa shape index (κ2) is 14.0. The van der Waals surface area contributed by atoms with Crippen LogP contribution < -0.4 is 15.7 Å². The topological polar surface area (TPSA) is 90.0 Å². The Balaban J connectivity index is 1.63. The predicted molar refractivity (Wildman–Crippen MR) is 185 cm³/mol. The molecule has 4 rings (SSSR count). The van der Waals surface area contributed by atoms with E-state index in [1.165, 1.54) is 4.90 Å². The lowest BCUT2D eigenvalue weighted by Gasteiger charge is -2.56. The third-order valence-corrected chi connectivity index (χ3v) is 13.8. The van der Waals surface area contributed by atoms with Gasteiger partial charge >= 0.3 is 6.09 Å². The maximum Gasteiger partial charge on any atom is 0.410 e. The normalized spacial score (nSPS) is 17.7. The summed E-state index contributed by atoms with van der Waals surface area (Å²) in [6.07, 6.45) is -0.485. The number of hydrogen-bond donors (Lipinski definition) is 1. The average molecular weight is 684 g/mol. The quantitative estimate of drug-likeness (QED) is 0.288. The van der Waals surface area contributed by atoms with Crippen LogP contribution in [0.5, 0.6) is 0 Å². The second-order valence-electron chi connectivity index (χ2n) is 14.6. The van der Waals surface area contributed by atoms with E-state index < -0.39 is 49.4 Å². The summed E-state index contributed by atoms with van der Waals surface area (Å²) in [7, 11) is -2.93. The minimum absolute atomic E-state index is 0.0463. The highest BCUT2D eigenvalue weighted by Gasteiger charge is 2.42. The summed E-state index contributed by atoms with van der Waals surface area (Å²) in [5.74, 6) is -0.995. The van der Waals surface area contributed by atoms with Gasteiger partial charge in [0, 0.05) is 12.2 Å². The van der Waals surface area contributed by atoms with Crippen molar-refractivity contribution in [2.75, 3.05) is 19.8 Å². The zero-order valence-electron chi connectivity index (χ0n) is 28.8. The van der Waals surface area contributed by atoms with Crippen molar-refractivity contribution >= 4 is 42.3 Å². The van der Waals surface area contributed by atoms with Crippen LogP contribution in [-0.4, -0.2) is 67.7 Å². The van der Waals surface area contributed by atoms with Crippen LogP contribution in [0.15, 0.2) is 66.9 Å². The van der Waals surface area contributed by atoms with Crippen LogP contribution >= 0.6 is 11.6 Å². The third-order valence-electron chi connectivity index (χ3n) is 8.35. The molecule has 0 unspecified atom stereocenters. The number of benzene rings is 2. The summed E-state index contributed by atoms with van der Waals surface area (Å²) in [6, 6.07) is 20.0. The van der Waals surface area contributed by atoms with Crippen LogP contribution in [0.3, 0.4) is 0 Å². The van der Waals surface area contributed by atoms with Gasteiger partial charge in [-0.05, 0) is 41.5 Å². The fraction of sp³-hybridized carbons (Fsp3) is 0.472. The second-order valence-corrected chi connectivity index (χ2v) is 19.3. The van der Waals surface area contributed by atoms with Crippen LogP contribution in [0.4, 0.5) is 9.18 Å². The van der Waals surface area contributed by atoms with Gasteiger partial charge in [-0.15, -0.1) is 5.04 Å². The molecule has 255 valence electrons. The lowest BCUT2D eigenvalue weighted by Crippen LogP contribution is -2.68. The largest absolute Gasteiger partial charge is 0.556 e. The zero-order valence-corrected chi connectivity index (χ0v) is 30.6. The van der Waals surface area contributed by atoms with Crippen LogP contribution in [0.1, 0.15) is 66.6 Å². The molecule has 3 aromatic rings. The smallest absolute Gasteiger partial charge is 0.410 e. The number of nitrogens with zero attached hydrogens (tertiary/aromatic N) is 2. The van der Waals surface area contributed by atoms with Crippen molar-refractivity contribution < 1.29 is 27.9 Å². The van der Waals surface area contributed by atoms with Crippen molar-refractivity contribution in [1.29, 1.82) is 0 Å². The van der Waals surface area contributed by atoms with E-state index in [0.717, 1.165) is 16.6 Å². The molecule has 1 aliphatic rings. The Kier molecular flexibility index (Phi) is 10.9. The van der Waals surface area contributed by atoms with E-state index >= 15 is 0 Å². The first-order valence-corrected chi connectivity index (χ1v) is 18.2. The number of carbonyl (C=O) groups excluding carboxylic acids is 2. The number of ether oxygens (including phenoxy) is 2. The Morgan fingerprint density at radius 1 is 1.00 bits per heavy atom. The van der Waals surface area contributed by atoms with E-state index in [4.69, 9.17) is 25.5 Å². The molecular weight excluding hydrogens is 637 g/mol. The Labute approximate surface area is 284 Å². The summed E-state index contributed by atoms with van der Waals surface area (Å²) in [5.41, 5.74) is -1.26. The molecular formula is C36H47ClFN3O5Si-. The Bertz CT molecular complexity index is 1520. The summed E-state index contributed by atoms with van der Waals surface area (Å²) >= 11 is 6.42. The number of morpholine rings is 1. The number of halogens is 2. The third kappa shape index (κ3) is 8.05. The lowest BCUT2D eigenvalue weighted by atomic mass is 9.97. The van der Waals surface area contributed by atoms with Gasteiger partial charge in [0.1, 0.15) is 11.4 Å². The molecule has 1 saturated heterocycles. The summed E-state index contributed by atoms with van der Waals surface area (Å²) in [6.45, 7) is 17.1. The molecule has 11 heteroatoms. The Morgan fingerprint density at radius 3 is 2.06 bits per heavy atom. The Hall–Kier alpha value is -3.31. The molecule has 0 bridgehead atoms. The number of aromatic nitrogens is 1. The highest BCUT2D eigenvalue weighted by molar-refractivity contribution is 6.99. The number of hydrogen-bond acceptors (Lipinski definition) is 6. The lowest BCUT2D eigenvalue weighted by molar-refractivity contribution is -0.144. The van der Waals surface area contributed by atoms with Gasteiger partial charge in [-0.1, -0.05) is 93.0 Å². The number of nitrogens with one attached hydrogen (secondary N) is 1. The van der Waals surface area contributed by atoms with E-state index in [0.29, 0.717) is 5.69 Å². The first-order valence-electron chi connectivity index (χ1n) is 15.9. The van der Waals surface area contributed by atoms with Crippen LogP contribution in [-0.2, 0) is 24.2 Å². The summed E-state index contributed by atoms with van der Waals surface area (Å²) < 4.78 is 33.1. The summed E-state index contributed by atoms with van der Waals surface area (Å²) in [4.78, 5) is 33.0. The van der Waals surface area contributed by atoms with Crippen molar-refractivity contribution in [3.05, 3.63) is 89.0 Å². The fourth-order valence-electron chi connectivity index (χ4n) is 5.96. The molecule has 0 spiro atoms. The van der Waals surface area contributed by atoms with E-state index in [1.807, 2.05) is 36.4 Å². The van der Waals surface area contributed by atoms with Crippen molar-refractivity contribution in [1.82, 2.24) is 15.2 Å². The highest BCUT2D eigenvalue weighted by Crippen LogP contribution is 2.37. The SMILES string of the molecule is Cc1c(F)cnc(C(C)(C)NC(=O)[C@@H]2CN(C(=O)OC(C)(C)C)[C@H](CO[Si-](c3ccccc3)(c3ccccc3)C(C)(C)C)CO2)c1Cl. The van der Waals surface area contributed by atoms with Gasteiger partial charge in [-0.2, -0.15) is 10.4 Å². The van der Waals surface area contributed by atoms with Gasteiger partial charge in [-0.3, -0.25) is 14.7 Å². The molecule has 0 saturated carbocycles. The molecule has 1 N–H and O–H groups in total. The number of pyridine rings is 1. The van der Waals surface area contributed by atoms with Crippen molar-refractivity contribution in [2.45, 2.75) is 90.6 Å². The summed E-state index contributed by atoms with van der Waals surface area (Å²) in [5, 5.41) is 5.02.